The van der Waals surface area contributed by atoms with Crippen LogP contribution in [0, 0.1) is 0 Å². The van der Waals surface area contributed by atoms with E-state index in [2.05, 4.69) is 17.1 Å². The third kappa shape index (κ3) is 3.49. The molecule has 21 heavy (non-hydrogen) atoms. The van der Waals surface area contributed by atoms with Crippen LogP contribution in [0.2, 0.25) is 0 Å². The summed E-state index contributed by atoms with van der Waals surface area (Å²) >= 11 is 1.53. The first kappa shape index (κ1) is 14.2. The second kappa shape index (κ2) is 6.37. The van der Waals surface area contributed by atoms with Crippen molar-refractivity contribution in [2.75, 3.05) is 13.1 Å². The molecular formula is C16H18N2O2S. The zero-order valence-corrected chi connectivity index (χ0v) is 12.6. The van der Waals surface area contributed by atoms with E-state index >= 15 is 0 Å². The Kier molecular flexibility index (Phi) is 4.31. The number of hydrogen-bond donors (Lipinski definition) is 1. The van der Waals surface area contributed by atoms with E-state index in [1.54, 1.807) is 4.90 Å². The van der Waals surface area contributed by atoms with Gasteiger partial charge in [-0.2, -0.15) is 0 Å². The lowest BCUT2D eigenvalue weighted by Gasteiger charge is -2.28. The van der Waals surface area contributed by atoms with E-state index in [1.807, 2.05) is 23.6 Å². The molecule has 1 N–H and O–H groups in total. The first-order valence-corrected chi connectivity index (χ1v) is 8.06. The maximum Gasteiger partial charge on any atom is 0.273 e. The molecule has 5 heteroatoms. The van der Waals surface area contributed by atoms with Crippen LogP contribution in [0.5, 0.6) is 0 Å². The van der Waals surface area contributed by atoms with Gasteiger partial charge in [-0.25, -0.2) is 4.98 Å². The van der Waals surface area contributed by atoms with Gasteiger partial charge in [0.2, 0.25) is 0 Å². The van der Waals surface area contributed by atoms with E-state index in [0.717, 1.165) is 11.4 Å². The minimum Gasteiger partial charge on any atom is -0.393 e. The maximum atomic E-state index is 12.4. The summed E-state index contributed by atoms with van der Waals surface area (Å²) in [4.78, 5) is 18.6. The van der Waals surface area contributed by atoms with Gasteiger partial charge in [-0.1, -0.05) is 30.3 Å². The summed E-state index contributed by atoms with van der Waals surface area (Å²) in [6.07, 6.45) is 1.81. The molecule has 0 atom stereocenters. The molecule has 1 saturated heterocycles. The predicted molar refractivity (Wildman–Crippen MR) is 82.5 cm³/mol. The summed E-state index contributed by atoms with van der Waals surface area (Å²) in [7, 11) is 0. The molecule has 3 rings (SSSR count). The highest BCUT2D eigenvalue weighted by molar-refractivity contribution is 7.09. The third-order valence-electron chi connectivity index (χ3n) is 3.72. The number of amides is 1. The standard InChI is InChI=1S/C16H18N2O2S/c19-13-6-8-18(9-7-13)16(20)14-11-21-15(17-14)10-12-4-2-1-3-5-12/h1-5,11,13,19H,6-10H2. The molecule has 1 aromatic carbocycles. The van der Waals surface area contributed by atoms with Crippen LogP contribution in [0.3, 0.4) is 0 Å². The summed E-state index contributed by atoms with van der Waals surface area (Å²) in [5, 5.41) is 12.3. The van der Waals surface area contributed by atoms with Crippen LogP contribution in [0.15, 0.2) is 35.7 Å². The molecule has 0 radical (unpaired) electrons. The number of thiazole rings is 1. The number of rotatable bonds is 3. The van der Waals surface area contributed by atoms with Gasteiger partial charge in [-0.15, -0.1) is 11.3 Å². The van der Waals surface area contributed by atoms with Crippen molar-refractivity contribution in [1.29, 1.82) is 0 Å². The molecule has 2 aromatic rings. The Balaban J connectivity index is 1.66. The quantitative estimate of drug-likeness (QED) is 0.947. The smallest absolute Gasteiger partial charge is 0.273 e. The van der Waals surface area contributed by atoms with Crippen LogP contribution in [-0.4, -0.2) is 40.1 Å². The van der Waals surface area contributed by atoms with Crippen molar-refractivity contribution in [3.05, 3.63) is 52.0 Å². The van der Waals surface area contributed by atoms with Crippen LogP contribution in [-0.2, 0) is 6.42 Å². The van der Waals surface area contributed by atoms with Gasteiger partial charge in [0.1, 0.15) is 5.69 Å². The lowest BCUT2D eigenvalue weighted by Crippen LogP contribution is -2.40. The van der Waals surface area contributed by atoms with E-state index in [-0.39, 0.29) is 12.0 Å². The SMILES string of the molecule is O=C(c1csc(Cc2ccccc2)n1)N1CCC(O)CC1. The molecular weight excluding hydrogens is 284 g/mol. The van der Waals surface area contributed by atoms with Crippen LogP contribution in [0.1, 0.15) is 33.9 Å². The van der Waals surface area contributed by atoms with E-state index < -0.39 is 0 Å². The van der Waals surface area contributed by atoms with Crippen molar-refractivity contribution >= 4 is 17.2 Å². The van der Waals surface area contributed by atoms with Crippen molar-refractivity contribution < 1.29 is 9.90 Å². The molecule has 1 aromatic heterocycles. The van der Waals surface area contributed by atoms with E-state index in [1.165, 1.54) is 16.9 Å². The predicted octanol–water partition coefficient (Wildman–Crippen LogP) is 2.33. The highest BCUT2D eigenvalue weighted by atomic mass is 32.1. The van der Waals surface area contributed by atoms with E-state index in [4.69, 9.17) is 0 Å². The molecule has 1 amide bonds. The molecule has 0 aliphatic carbocycles. The number of aromatic nitrogens is 1. The Hall–Kier alpha value is -1.72. The summed E-state index contributed by atoms with van der Waals surface area (Å²) in [5.41, 5.74) is 1.73. The number of benzene rings is 1. The topological polar surface area (TPSA) is 53.4 Å². The van der Waals surface area contributed by atoms with E-state index in [9.17, 15) is 9.90 Å². The van der Waals surface area contributed by atoms with E-state index in [0.29, 0.717) is 31.6 Å². The fraction of sp³-hybridized carbons (Fsp3) is 0.375. The van der Waals surface area contributed by atoms with Crippen molar-refractivity contribution in [2.45, 2.75) is 25.4 Å². The Morgan fingerprint density at radius 1 is 1.29 bits per heavy atom. The molecule has 110 valence electrons. The van der Waals surface area contributed by atoms with Crippen LogP contribution < -0.4 is 0 Å². The lowest BCUT2D eigenvalue weighted by molar-refractivity contribution is 0.0542. The highest BCUT2D eigenvalue weighted by Crippen LogP contribution is 2.18. The number of carbonyl (C=O) groups excluding carboxylic acids is 1. The maximum absolute atomic E-state index is 12.4. The zero-order valence-electron chi connectivity index (χ0n) is 11.7. The number of piperidine rings is 1. The molecule has 1 aliphatic rings. The molecule has 0 unspecified atom stereocenters. The minimum atomic E-state index is -0.266. The molecule has 4 nitrogen and oxygen atoms in total. The van der Waals surface area contributed by atoms with Crippen molar-refractivity contribution in [2.24, 2.45) is 0 Å². The molecule has 0 bridgehead atoms. The Morgan fingerprint density at radius 3 is 2.71 bits per heavy atom. The zero-order chi connectivity index (χ0) is 14.7. The van der Waals surface area contributed by atoms with Crippen molar-refractivity contribution in [3.63, 3.8) is 0 Å². The molecule has 0 saturated carbocycles. The molecule has 1 aliphatic heterocycles. The minimum absolute atomic E-state index is 0.0162. The average Bonchev–Trinajstić information content (AvgIpc) is 2.97. The van der Waals surface area contributed by atoms with Gasteiger partial charge in [0.15, 0.2) is 0 Å². The number of nitrogens with zero attached hydrogens (tertiary/aromatic N) is 2. The Morgan fingerprint density at radius 2 is 2.00 bits per heavy atom. The van der Waals surface area contributed by atoms with Crippen LogP contribution in [0.25, 0.3) is 0 Å². The van der Waals surface area contributed by atoms with Gasteiger partial charge < -0.3 is 10.0 Å². The molecule has 1 fully saturated rings. The van der Waals surface area contributed by atoms with Gasteiger partial charge in [0.25, 0.3) is 5.91 Å². The van der Waals surface area contributed by atoms with Gasteiger partial charge >= 0.3 is 0 Å². The number of aliphatic hydroxyl groups is 1. The lowest BCUT2D eigenvalue weighted by atomic mass is 10.1. The van der Waals surface area contributed by atoms with Crippen molar-refractivity contribution in [1.82, 2.24) is 9.88 Å². The second-order valence-electron chi connectivity index (χ2n) is 5.31. The summed E-state index contributed by atoms with van der Waals surface area (Å²) in [5.74, 6) is -0.0162. The Bertz CT molecular complexity index is 604. The molecule has 0 spiro atoms. The van der Waals surface area contributed by atoms with Gasteiger partial charge in [0, 0.05) is 24.9 Å². The molecule has 2 heterocycles. The first-order valence-electron chi connectivity index (χ1n) is 7.18. The Labute approximate surface area is 128 Å². The van der Waals surface area contributed by atoms with Gasteiger partial charge in [-0.3, -0.25) is 4.79 Å². The van der Waals surface area contributed by atoms with Crippen LogP contribution in [0.4, 0.5) is 0 Å². The monoisotopic (exact) mass is 302 g/mol. The first-order chi connectivity index (χ1) is 10.2. The van der Waals surface area contributed by atoms with Gasteiger partial charge in [-0.05, 0) is 18.4 Å². The second-order valence-corrected chi connectivity index (χ2v) is 6.25. The third-order valence-corrected chi connectivity index (χ3v) is 4.57. The van der Waals surface area contributed by atoms with Gasteiger partial charge in [0.05, 0.1) is 11.1 Å². The van der Waals surface area contributed by atoms with Crippen molar-refractivity contribution in [3.8, 4) is 0 Å². The highest BCUT2D eigenvalue weighted by Gasteiger charge is 2.23. The number of carbonyl (C=O) groups is 1. The summed E-state index contributed by atoms with van der Waals surface area (Å²) < 4.78 is 0. The number of aliphatic hydroxyl groups excluding tert-OH is 1. The largest absolute Gasteiger partial charge is 0.393 e. The number of likely N-dealkylation sites (tertiary alicyclic amines) is 1. The summed E-state index contributed by atoms with van der Waals surface area (Å²) in [6.45, 7) is 1.23. The summed E-state index contributed by atoms with van der Waals surface area (Å²) in [6, 6.07) is 10.1. The number of hydrogen-bond acceptors (Lipinski definition) is 4. The fourth-order valence-electron chi connectivity index (χ4n) is 2.49. The van der Waals surface area contributed by atoms with Crippen LogP contribution >= 0.6 is 11.3 Å². The fourth-order valence-corrected chi connectivity index (χ4v) is 3.29. The normalized spacial score (nSPS) is 16.1. The average molecular weight is 302 g/mol.